The van der Waals surface area contributed by atoms with Crippen LogP contribution >= 0.6 is 24.0 Å². The first kappa shape index (κ1) is 24.2. The van der Waals surface area contributed by atoms with Crippen LogP contribution in [-0.4, -0.2) is 42.1 Å². The molecule has 6 nitrogen and oxygen atoms in total. The highest BCUT2D eigenvalue weighted by Gasteiger charge is 2.24. The molecule has 0 spiro atoms. The third-order valence-electron chi connectivity index (χ3n) is 5.24. The largest absolute Gasteiger partial charge is 0.367 e. The zero-order chi connectivity index (χ0) is 21.1. The molecular weight excluding hydrogens is 428 g/mol. The van der Waals surface area contributed by atoms with Crippen LogP contribution in [0.1, 0.15) is 47.4 Å². The molecule has 0 unspecified atom stereocenters. The molecule has 0 aliphatic heterocycles. The molecule has 1 aliphatic rings. The normalized spacial score (nSPS) is 18.3. The van der Waals surface area contributed by atoms with Crippen LogP contribution in [0, 0.1) is 19.7 Å². The van der Waals surface area contributed by atoms with Gasteiger partial charge in [0.15, 0.2) is 0 Å². The van der Waals surface area contributed by atoms with E-state index in [2.05, 4.69) is 20.6 Å². The van der Waals surface area contributed by atoms with Crippen LogP contribution in [0.25, 0.3) is 0 Å². The number of benzene rings is 1. The number of nitrogens with one attached hydrogen (secondary N) is 2. The lowest BCUT2D eigenvalue weighted by atomic mass is 9.91. The van der Waals surface area contributed by atoms with Crippen molar-refractivity contribution in [2.24, 2.45) is 0 Å². The summed E-state index contributed by atoms with van der Waals surface area (Å²) < 4.78 is 13.3. The second kappa shape index (κ2) is 10.3. The Morgan fingerprint density at radius 3 is 2.37 bits per heavy atom. The smallest absolute Gasteiger partial charge is 0.251 e. The third-order valence-corrected chi connectivity index (χ3v) is 5.53. The number of rotatable bonds is 5. The highest BCUT2D eigenvalue weighted by atomic mass is 35.5. The molecule has 2 aromatic rings. The van der Waals surface area contributed by atoms with Crippen LogP contribution < -0.4 is 15.5 Å². The Kier molecular flexibility index (Phi) is 8.26. The van der Waals surface area contributed by atoms with Gasteiger partial charge in [-0.05, 0) is 57.7 Å². The van der Waals surface area contributed by atoms with Crippen molar-refractivity contribution in [3.8, 4) is 0 Å². The van der Waals surface area contributed by atoms with E-state index in [1.165, 1.54) is 18.2 Å². The standard InChI is InChI=1S/C21H27ClFN5O.ClH/c1-12-19(24-13(2)25-20(12)28(3)4)26-15-6-8-16(9-7-15)27-21(29)14-5-10-18(23)17(22)11-14;/h5,10-11,15-16H,6-9H2,1-4H3,(H,27,29)(H,24,25,26);1H. The van der Waals surface area contributed by atoms with E-state index in [1.807, 2.05) is 32.8 Å². The minimum absolute atomic E-state index is 0. The van der Waals surface area contributed by atoms with Gasteiger partial charge < -0.3 is 15.5 Å². The molecular formula is C21H28Cl2FN5O. The summed E-state index contributed by atoms with van der Waals surface area (Å²) in [5.41, 5.74) is 1.41. The van der Waals surface area contributed by atoms with Crippen molar-refractivity contribution in [1.82, 2.24) is 15.3 Å². The van der Waals surface area contributed by atoms with E-state index in [9.17, 15) is 9.18 Å². The molecule has 2 N–H and O–H groups in total. The number of amides is 1. The van der Waals surface area contributed by atoms with Crippen LogP contribution in [0.15, 0.2) is 18.2 Å². The number of halogens is 3. The molecule has 1 heterocycles. The summed E-state index contributed by atoms with van der Waals surface area (Å²) in [6, 6.07) is 4.42. The second-order valence-corrected chi connectivity index (χ2v) is 8.16. The Morgan fingerprint density at radius 2 is 1.77 bits per heavy atom. The van der Waals surface area contributed by atoms with Gasteiger partial charge in [-0.2, -0.15) is 0 Å². The van der Waals surface area contributed by atoms with Gasteiger partial charge in [0.05, 0.1) is 5.02 Å². The summed E-state index contributed by atoms with van der Waals surface area (Å²) in [6.45, 7) is 3.92. The topological polar surface area (TPSA) is 70.2 Å². The molecule has 1 aromatic carbocycles. The number of aryl methyl sites for hydroxylation is 1. The van der Waals surface area contributed by atoms with Gasteiger partial charge in [-0.1, -0.05) is 11.6 Å². The number of carbonyl (C=O) groups is 1. The fourth-order valence-corrected chi connectivity index (χ4v) is 3.85. The van der Waals surface area contributed by atoms with Crippen LogP contribution in [0.2, 0.25) is 5.02 Å². The molecule has 9 heteroatoms. The minimum Gasteiger partial charge on any atom is -0.367 e. The second-order valence-electron chi connectivity index (χ2n) is 7.76. The van der Waals surface area contributed by atoms with E-state index in [0.717, 1.165) is 48.7 Å². The monoisotopic (exact) mass is 455 g/mol. The average Bonchev–Trinajstić information content (AvgIpc) is 2.67. The number of nitrogens with zero attached hydrogens (tertiary/aromatic N) is 3. The molecule has 1 aliphatic carbocycles. The number of carbonyl (C=O) groups excluding carboxylic acids is 1. The number of hydrogen-bond acceptors (Lipinski definition) is 5. The quantitative estimate of drug-likeness (QED) is 0.692. The first-order chi connectivity index (χ1) is 13.7. The maximum Gasteiger partial charge on any atom is 0.251 e. The SMILES string of the molecule is Cc1nc(NC2CCC(NC(=O)c3ccc(F)c(Cl)c3)CC2)c(C)c(N(C)C)n1.Cl. The first-order valence-electron chi connectivity index (χ1n) is 9.79. The van der Waals surface area contributed by atoms with Gasteiger partial charge >= 0.3 is 0 Å². The Labute approximate surface area is 188 Å². The van der Waals surface area contributed by atoms with Crippen molar-refractivity contribution in [3.63, 3.8) is 0 Å². The Morgan fingerprint density at radius 1 is 1.13 bits per heavy atom. The van der Waals surface area contributed by atoms with Gasteiger partial charge in [-0.15, -0.1) is 12.4 Å². The van der Waals surface area contributed by atoms with Gasteiger partial charge in [0, 0.05) is 37.3 Å². The van der Waals surface area contributed by atoms with Crippen molar-refractivity contribution in [2.75, 3.05) is 24.3 Å². The molecule has 164 valence electrons. The van der Waals surface area contributed by atoms with Crippen molar-refractivity contribution in [2.45, 2.75) is 51.6 Å². The molecule has 1 aromatic heterocycles. The van der Waals surface area contributed by atoms with Crippen molar-refractivity contribution in [3.05, 3.63) is 46.0 Å². The fourth-order valence-electron chi connectivity index (χ4n) is 3.67. The van der Waals surface area contributed by atoms with Crippen molar-refractivity contribution in [1.29, 1.82) is 0 Å². The molecule has 0 atom stereocenters. The van der Waals surface area contributed by atoms with E-state index in [-0.39, 0.29) is 29.4 Å². The third kappa shape index (κ3) is 5.73. The predicted molar refractivity (Wildman–Crippen MR) is 122 cm³/mol. The Bertz CT molecular complexity index is 901. The zero-order valence-electron chi connectivity index (χ0n) is 17.6. The van der Waals surface area contributed by atoms with E-state index < -0.39 is 5.82 Å². The van der Waals surface area contributed by atoms with Gasteiger partial charge in [-0.25, -0.2) is 14.4 Å². The summed E-state index contributed by atoms with van der Waals surface area (Å²) in [5.74, 6) is 1.78. The lowest BCUT2D eigenvalue weighted by Crippen LogP contribution is -2.40. The molecule has 1 fully saturated rings. The molecule has 1 amide bonds. The van der Waals surface area contributed by atoms with Gasteiger partial charge in [-0.3, -0.25) is 4.79 Å². The maximum absolute atomic E-state index is 13.3. The highest BCUT2D eigenvalue weighted by Crippen LogP contribution is 2.27. The van der Waals surface area contributed by atoms with Crippen molar-refractivity contribution < 1.29 is 9.18 Å². The maximum atomic E-state index is 13.3. The van der Waals surface area contributed by atoms with E-state index in [1.54, 1.807) is 0 Å². The van der Waals surface area contributed by atoms with E-state index in [0.29, 0.717) is 11.6 Å². The van der Waals surface area contributed by atoms with E-state index in [4.69, 9.17) is 11.6 Å². The first-order valence-corrected chi connectivity index (χ1v) is 10.2. The summed E-state index contributed by atoms with van der Waals surface area (Å²) in [6.07, 6.45) is 3.58. The number of hydrogen-bond donors (Lipinski definition) is 2. The van der Waals surface area contributed by atoms with Gasteiger partial charge in [0.1, 0.15) is 23.3 Å². The van der Waals surface area contributed by atoms with Crippen LogP contribution in [0.5, 0.6) is 0 Å². The van der Waals surface area contributed by atoms with Crippen LogP contribution in [0.4, 0.5) is 16.0 Å². The fraction of sp³-hybridized carbons (Fsp3) is 0.476. The molecule has 0 bridgehead atoms. The Hall–Kier alpha value is -2.12. The van der Waals surface area contributed by atoms with Crippen LogP contribution in [0.3, 0.4) is 0 Å². The summed E-state index contributed by atoms with van der Waals surface area (Å²) >= 11 is 5.77. The molecule has 0 radical (unpaired) electrons. The van der Waals surface area contributed by atoms with Crippen molar-refractivity contribution >= 4 is 41.6 Å². The average molecular weight is 456 g/mol. The zero-order valence-corrected chi connectivity index (χ0v) is 19.2. The van der Waals surface area contributed by atoms with E-state index >= 15 is 0 Å². The lowest BCUT2D eigenvalue weighted by molar-refractivity contribution is 0.0926. The number of anilines is 2. The van der Waals surface area contributed by atoms with Crippen LogP contribution in [-0.2, 0) is 0 Å². The summed E-state index contributed by atoms with van der Waals surface area (Å²) in [4.78, 5) is 23.5. The summed E-state index contributed by atoms with van der Waals surface area (Å²) in [5, 5.41) is 6.54. The molecule has 30 heavy (non-hydrogen) atoms. The molecule has 0 saturated heterocycles. The highest BCUT2D eigenvalue weighted by molar-refractivity contribution is 6.31. The number of aromatic nitrogens is 2. The molecule has 3 rings (SSSR count). The van der Waals surface area contributed by atoms with Gasteiger partial charge in [0.2, 0.25) is 0 Å². The predicted octanol–water partition coefficient (Wildman–Crippen LogP) is 4.53. The minimum atomic E-state index is -0.525. The molecule has 1 saturated carbocycles. The van der Waals surface area contributed by atoms with Gasteiger partial charge in [0.25, 0.3) is 5.91 Å². The Balaban J connectivity index is 0.00000320. The summed E-state index contributed by atoms with van der Waals surface area (Å²) in [7, 11) is 3.95. The lowest BCUT2D eigenvalue weighted by Gasteiger charge is -2.30.